The highest BCUT2D eigenvalue weighted by molar-refractivity contribution is 5.27. The van der Waals surface area contributed by atoms with Crippen molar-refractivity contribution in [1.82, 2.24) is 4.90 Å². The van der Waals surface area contributed by atoms with Gasteiger partial charge in [0.15, 0.2) is 0 Å². The second-order valence-electron chi connectivity index (χ2n) is 4.13. The van der Waals surface area contributed by atoms with E-state index in [0.29, 0.717) is 6.61 Å². The number of hydrogen-bond donors (Lipinski definition) is 0. The Kier molecular flexibility index (Phi) is 4.59. The third-order valence-electron chi connectivity index (χ3n) is 2.80. The highest BCUT2D eigenvalue weighted by Gasteiger charge is 2.10. The molecule has 1 saturated heterocycles. The van der Waals surface area contributed by atoms with Crippen LogP contribution in [0, 0.1) is 0 Å². The summed E-state index contributed by atoms with van der Waals surface area (Å²) in [5.74, 6) is 0.899. The second kappa shape index (κ2) is 6.42. The third-order valence-corrected chi connectivity index (χ3v) is 2.80. The quantitative estimate of drug-likeness (QED) is 0.727. The van der Waals surface area contributed by atoms with Crippen molar-refractivity contribution in [1.29, 1.82) is 0 Å². The summed E-state index contributed by atoms with van der Waals surface area (Å²) in [6.45, 7) is 8.92. The summed E-state index contributed by atoms with van der Waals surface area (Å²) < 4.78 is 10.8. The smallest absolute Gasteiger partial charge is 0.119 e. The van der Waals surface area contributed by atoms with Gasteiger partial charge in [0, 0.05) is 19.6 Å². The van der Waals surface area contributed by atoms with Crippen LogP contribution in [0.5, 0.6) is 5.75 Å². The molecule has 1 aliphatic heterocycles. The van der Waals surface area contributed by atoms with E-state index in [1.807, 2.05) is 12.1 Å². The molecule has 0 spiro atoms. The average Bonchev–Trinajstić information content (AvgIpc) is 2.39. The zero-order chi connectivity index (χ0) is 11.9. The molecular weight excluding hydrogens is 214 g/mol. The second-order valence-corrected chi connectivity index (χ2v) is 4.13. The Balaban J connectivity index is 1.86. The molecule has 1 aromatic rings. The number of nitrogens with zero attached hydrogens (tertiary/aromatic N) is 1. The lowest BCUT2D eigenvalue weighted by Gasteiger charge is -2.26. The van der Waals surface area contributed by atoms with Crippen LogP contribution in [0.4, 0.5) is 0 Å². The van der Waals surface area contributed by atoms with Gasteiger partial charge in [-0.25, -0.2) is 0 Å². The third kappa shape index (κ3) is 3.88. The number of rotatable bonds is 5. The van der Waals surface area contributed by atoms with Crippen molar-refractivity contribution in [3.8, 4) is 5.75 Å². The Morgan fingerprint density at radius 3 is 2.59 bits per heavy atom. The number of hydrogen-bond acceptors (Lipinski definition) is 3. The molecule has 3 heteroatoms. The first-order chi connectivity index (χ1) is 8.38. The van der Waals surface area contributed by atoms with Crippen molar-refractivity contribution in [2.24, 2.45) is 0 Å². The fraction of sp³-hybridized carbons (Fsp3) is 0.429. The predicted octanol–water partition coefficient (Wildman–Crippen LogP) is 2.08. The first kappa shape index (κ1) is 12.1. The van der Waals surface area contributed by atoms with Crippen LogP contribution in [0.15, 0.2) is 36.9 Å². The molecule has 1 heterocycles. The van der Waals surface area contributed by atoms with Gasteiger partial charge in [0.25, 0.3) is 0 Å². The maximum atomic E-state index is 5.45. The summed E-state index contributed by atoms with van der Waals surface area (Å²) in [4.78, 5) is 2.41. The lowest BCUT2D eigenvalue weighted by atomic mass is 10.2. The molecule has 1 aromatic carbocycles. The molecule has 0 aliphatic carbocycles. The molecule has 1 fully saturated rings. The molecular formula is C14H19NO2. The van der Waals surface area contributed by atoms with E-state index in [1.54, 1.807) is 6.08 Å². The van der Waals surface area contributed by atoms with Crippen LogP contribution in [0.1, 0.15) is 5.56 Å². The van der Waals surface area contributed by atoms with Gasteiger partial charge in [0.1, 0.15) is 12.4 Å². The molecule has 0 N–H and O–H groups in total. The van der Waals surface area contributed by atoms with Crippen LogP contribution in [-0.4, -0.2) is 37.8 Å². The normalized spacial score (nSPS) is 16.7. The fourth-order valence-corrected chi connectivity index (χ4v) is 1.86. The Morgan fingerprint density at radius 1 is 1.24 bits per heavy atom. The molecule has 0 unspecified atom stereocenters. The van der Waals surface area contributed by atoms with E-state index in [2.05, 4.69) is 23.6 Å². The Labute approximate surface area is 103 Å². The van der Waals surface area contributed by atoms with E-state index in [1.165, 1.54) is 5.56 Å². The van der Waals surface area contributed by atoms with Gasteiger partial charge in [0.05, 0.1) is 13.2 Å². The average molecular weight is 233 g/mol. The summed E-state index contributed by atoms with van der Waals surface area (Å²) in [6.07, 6.45) is 1.75. The molecule has 0 bridgehead atoms. The zero-order valence-corrected chi connectivity index (χ0v) is 10.1. The van der Waals surface area contributed by atoms with E-state index < -0.39 is 0 Å². The van der Waals surface area contributed by atoms with Crippen LogP contribution in [0.3, 0.4) is 0 Å². The standard InChI is InChI=1S/C14H19NO2/c1-2-9-17-14-5-3-13(4-6-14)12-15-7-10-16-11-8-15/h2-6H,1,7-12H2. The van der Waals surface area contributed by atoms with Gasteiger partial charge in [-0.15, -0.1) is 0 Å². The lowest BCUT2D eigenvalue weighted by Crippen LogP contribution is -2.35. The maximum absolute atomic E-state index is 5.45. The summed E-state index contributed by atoms with van der Waals surface area (Å²) in [5, 5.41) is 0. The monoisotopic (exact) mass is 233 g/mol. The topological polar surface area (TPSA) is 21.7 Å². The van der Waals surface area contributed by atoms with Crippen molar-refractivity contribution in [3.05, 3.63) is 42.5 Å². The lowest BCUT2D eigenvalue weighted by molar-refractivity contribution is 0.0342. The van der Waals surface area contributed by atoms with E-state index >= 15 is 0 Å². The van der Waals surface area contributed by atoms with Gasteiger partial charge in [0.2, 0.25) is 0 Å². The van der Waals surface area contributed by atoms with Crippen molar-refractivity contribution in [2.45, 2.75) is 6.54 Å². The van der Waals surface area contributed by atoms with E-state index in [-0.39, 0.29) is 0 Å². The van der Waals surface area contributed by atoms with E-state index in [9.17, 15) is 0 Å². The molecule has 17 heavy (non-hydrogen) atoms. The Morgan fingerprint density at radius 2 is 1.94 bits per heavy atom. The molecule has 92 valence electrons. The minimum absolute atomic E-state index is 0.558. The van der Waals surface area contributed by atoms with Crippen LogP contribution < -0.4 is 4.74 Å². The van der Waals surface area contributed by atoms with Gasteiger partial charge < -0.3 is 9.47 Å². The molecule has 2 rings (SSSR count). The summed E-state index contributed by atoms with van der Waals surface area (Å²) >= 11 is 0. The number of morpholine rings is 1. The molecule has 3 nitrogen and oxygen atoms in total. The van der Waals surface area contributed by atoms with Crippen molar-refractivity contribution in [2.75, 3.05) is 32.9 Å². The first-order valence-electron chi connectivity index (χ1n) is 6.01. The molecule has 0 amide bonds. The Bertz CT molecular complexity index is 342. The summed E-state index contributed by atoms with van der Waals surface area (Å²) in [7, 11) is 0. The predicted molar refractivity (Wildman–Crippen MR) is 68.2 cm³/mol. The SMILES string of the molecule is C=CCOc1ccc(CN2CCOCC2)cc1. The van der Waals surface area contributed by atoms with Crippen molar-refractivity contribution in [3.63, 3.8) is 0 Å². The fourth-order valence-electron chi connectivity index (χ4n) is 1.86. The van der Waals surface area contributed by atoms with Crippen molar-refractivity contribution >= 4 is 0 Å². The van der Waals surface area contributed by atoms with Gasteiger partial charge in [-0.2, -0.15) is 0 Å². The minimum atomic E-state index is 0.558. The van der Waals surface area contributed by atoms with Crippen LogP contribution in [0.2, 0.25) is 0 Å². The molecule has 1 aliphatic rings. The van der Waals surface area contributed by atoms with E-state index in [0.717, 1.165) is 38.6 Å². The van der Waals surface area contributed by atoms with Crippen molar-refractivity contribution < 1.29 is 9.47 Å². The van der Waals surface area contributed by atoms with Gasteiger partial charge in [-0.3, -0.25) is 4.90 Å². The number of ether oxygens (including phenoxy) is 2. The van der Waals surface area contributed by atoms with Gasteiger partial charge in [-0.05, 0) is 17.7 Å². The zero-order valence-electron chi connectivity index (χ0n) is 10.1. The number of benzene rings is 1. The van der Waals surface area contributed by atoms with Crippen LogP contribution >= 0.6 is 0 Å². The van der Waals surface area contributed by atoms with Crippen LogP contribution in [0.25, 0.3) is 0 Å². The largest absolute Gasteiger partial charge is 0.490 e. The minimum Gasteiger partial charge on any atom is -0.490 e. The van der Waals surface area contributed by atoms with Crippen LogP contribution in [-0.2, 0) is 11.3 Å². The highest BCUT2D eigenvalue weighted by Crippen LogP contribution is 2.14. The highest BCUT2D eigenvalue weighted by atomic mass is 16.5. The Hall–Kier alpha value is -1.32. The molecule has 0 saturated carbocycles. The molecule has 0 aromatic heterocycles. The summed E-state index contributed by atoms with van der Waals surface area (Å²) in [6, 6.07) is 8.26. The maximum Gasteiger partial charge on any atom is 0.119 e. The molecule has 0 radical (unpaired) electrons. The van der Waals surface area contributed by atoms with E-state index in [4.69, 9.17) is 9.47 Å². The summed E-state index contributed by atoms with van der Waals surface area (Å²) in [5.41, 5.74) is 1.32. The van der Waals surface area contributed by atoms with Gasteiger partial charge >= 0.3 is 0 Å². The molecule has 0 atom stereocenters. The van der Waals surface area contributed by atoms with Gasteiger partial charge in [-0.1, -0.05) is 24.8 Å². The first-order valence-corrected chi connectivity index (χ1v) is 6.01.